The molecule has 0 saturated carbocycles. The summed E-state index contributed by atoms with van der Waals surface area (Å²) in [6, 6.07) is 28.5. The van der Waals surface area contributed by atoms with Gasteiger partial charge in [-0.2, -0.15) is 25.3 Å². The van der Waals surface area contributed by atoms with Crippen molar-refractivity contribution in [2.75, 3.05) is 19.5 Å². The third-order valence-corrected chi connectivity index (χ3v) is 11.8. The van der Waals surface area contributed by atoms with E-state index in [1.807, 2.05) is 30.3 Å². The Morgan fingerprint density at radius 3 is 1.56 bits per heavy atom. The number of nitrogens with zero attached hydrogens (tertiary/aromatic N) is 4. The minimum absolute atomic E-state index is 0. The van der Waals surface area contributed by atoms with Crippen LogP contribution in [-0.2, 0) is 30.4 Å². The second kappa shape index (κ2) is 21.1. The summed E-state index contributed by atoms with van der Waals surface area (Å²) in [5.41, 5.74) is 1.72. The molecule has 0 aromatic heterocycles. The third-order valence-electron chi connectivity index (χ3n) is 9.20. The second-order valence-electron chi connectivity index (χ2n) is 13.1. The smallest absolute Gasteiger partial charge is 0.298 e. The Bertz CT molecular complexity index is 3330. The molecule has 315 valence electrons. The summed E-state index contributed by atoms with van der Waals surface area (Å²) in [5, 5.41) is 42.1. The van der Waals surface area contributed by atoms with Crippen molar-refractivity contribution in [3.8, 4) is 34.1 Å². The molecule has 0 heterocycles. The zero-order valence-electron chi connectivity index (χ0n) is 34.5. The molecular formula is C40H31N5Na3O13S3. The number of hydrogen-bond acceptors (Lipinski definition) is 15. The Morgan fingerprint density at radius 2 is 1.03 bits per heavy atom. The van der Waals surface area contributed by atoms with Gasteiger partial charge in [0.1, 0.15) is 44.0 Å². The maximum atomic E-state index is 12.5. The van der Waals surface area contributed by atoms with Gasteiger partial charge in [-0.1, -0.05) is 42.5 Å². The first-order valence-electron chi connectivity index (χ1n) is 17.4. The fourth-order valence-corrected chi connectivity index (χ4v) is 8.07. The summed E-state index contributed by atoms with van der Waals surface area (Å²) in [6.07, 6.45) is 0. The molecule has 0 saturated heterocycles. The predicted octanol–water partition coefficient (Wildman–Crippen LogP) is 8.26. The maximum Gasteiger partial charge on any atom is 0.298 e. The molecule has 0 bridgehead atoms. The molecule has 0 unspecified atom stereocenters. The molecule has 0 fully saturated rings. The van der Waals surface area contributed by atoms with Crippen LogP contribution in [0.4, 0.5) is 34.1 Å². The summed E-state index contributed by atoms with van der Waals surface area (Å²) in [5.74, 6) is -1.20. The van der Waals surface area contributed by atoms with Crippen LogP contribution in [0, 0.1) is 0 Å². The Balaban J connectivity index is 0.00000299. The molecule has 0 atom stereocenters. The van der Waals surface area contributed by atoms with Crippen LogP contribution in [0.1, 0.15) is 0 Å². The number of rotatable bonds is 12. The minimum atomic E-state index is -5.04. The molecule has 7 rings (SSSR count). The number of azo groups is 2. The van der Waals surface area contributed by atoms with E-state index in [1.54, 1.807) is 42.5 Å². The van der Waals surface area contributed by atoms with E-state index in [4.69, 9.17) is 9.47 Å². The van der Waals surface area contributed by atoms with Gasteiger partial charge in [-0.15, -0.1) is 20.5 Å². The van der Waals surface area contributed by atoms with Crippen molar-refractivity contribution in [2.24, 2.45) is 20.5 Å². The number of fused-ring (bicyclic) bond motifs is 2. The van der Waals surface area contributed by atoms with E-state index in [2.05, 4.69) is 25.8 Å². The third kappa shape index (κ3) is 11.5. The summed E-state index contributed by atoms with van der Waals surface area (Å²) in [4.78, 5) is -2.24. The molecule has 24 heteroatoms. The van der Waals surface area contributed by atoms with Crippen molar-refractivity contribution in [3.63, 3.8) is 0 Å². The van der Waals surface area contributed by atoms with Gasteiger partial charge in [0, 0.05) is 111 Å². The maximum absolute atomic E-state index is 12.5. The van der Waals surface area contributed by atoms with Crippen molar-refractivity contribution in [3.05, 3.63) is 115 Å². The number of hydrogen-bond donors (Lipinski definition) is 6. The average Bonchev–Trinajstić information content (AvgIpc) is 3.22. The van der Waals surface area contributed by atoms with Crippen LogP contribution in [0.5, 0.6) is 23.0 Å². The summed E-state index contributed by atoms with van der Waals surface area (Å²) < 4.78 is 113. The van der Waals surface area contributed by atoms with E-state index < -0.39 is 67.9 Å². The van der Waals surface area contributed by atoms with Gasteiger partial charge in [-0.25, -0.2) is 0 Å². The molecule has 0 aliphatic heterocycles. The predicted molar refractivity (Wildman–Crippen MR) is 241 cm³/mol. The fraction of sp³-hybridized carbons (Fsp3) is 0.0500. The molecule has 64 heavy (non-hydrogen) atoms. The van der Waals surface area contributed by atoms with E-state index in [0.29, 0.717) is 22.2 Å². The zero-order valence-corrected chi connectivity index (χ0v) is 42.9. The van der Waals surface area contributed by atoms with Crippen LogP contribution in [0.2, 0.25) is 0 Å². The summed E-state index contributed by atoms with van der Waals surface area (Å²) >= 11 is 0. The van der Waals surface area contributed by atoms with Gasteiger partial charge >= 0.3 is 0 Å². The van der Waals surface area contributed by atoms with Gasteiger partial charge in [0.2, 0.25) is 0 Å². The topological polar surface area (TPSA) is 284 Å². The number of methoxy groups -OCH3 is 2. The Kier molecular flexibility index (Phi) is 17.3. The molecule has 0 aliphatic rings. The number of aromatic hydroxyl groups is 2. The number of benzene rings is 7. The van der Waals surface area contributed by atoms with Crippen LogP contribution < -0.4 is 14.8 Å². The Labute approximate surface area is 432 Å². The van der Waals surface area contributed by atoms with Crippen LogP contribution >= 0.6 is 0 Å². The standard InChI is InChI=1S/C40H31N5O13S3.3Na/c1-57-33-17-22(9-14-31(33)42-44-37-29-13-12-28(59(48,49)50)16-25(29)20-36(40(37)47)61(54,55)56)23-10-15-32(34(18-23)58-2)43-45-38-35(60(51,52)53)19-24-8-11-27(21-30(24)39(38)46)41-26-6-4-3-5-7-26;;;/h3-21,41,46-47H,1-2H3,(H,48,49,50)(H,51,52,53)(H,54,55,56);;;. The molecule has 6 N–H and O–H groups in total. The van der Waals surface area contributed by atoms with Crippen LogP contribution in [0.25, 0.3) is 32.7 Å². The molecule has 7 aromatic carbocycles. The van der Waals surface area contributed by atoms with E-state index in [9.17, 15) is 49.1 Å². The van der Waals surface area contributed by atoms with Crippen molar-refractivity contribution < 1.29 is 58.6 Å². The van der Waals surface area contributed by atoms with Crippen molar-refractivity contribution >= 4 is 175 Å². The van der Waals surface area contributed by atoms with Crippen LogP contribution in [0.15, 0.2) is 150 Å². The first-order chi connectivity index (χ1) is 28.8. The van der Waals surface area contributed by atoms with Gasteiger partial charge in [0.15, 0.2) is 11.5 Å². The number of nitrogens with one attached hydrogen (secondary N) is 1. The first kappa shape index (κ1) is 52.6. The summed E-state index contributed by atoms with van der Waals surface area (Å²) in [6.45, 7) is 0. The van der Waals surface area contributed by atoms with Gasteiger partial charge in [0.25, 0.3) is 30.4 Å². The van der Waals surface area contributed by atoms with Gasteiger partial charge < -0.3 is 25.0 Å². The average molecular weight is 955 g/mol. The Hall–Kier alpha value is -4.01. The van der Waals surface area contributed by atoms with E-state index in [-0.39, 0.29) is 128 Å². The number of phenolic OH excluding ortho intramolecular Hbond substituents is 2. The van der Waals surface area contributed by atoms with E-state index in [0.717, 1.165) is 30.0 Å². The summed E-state index contributed by atoms with van der Waals surface area (Å²) in [7, 11) is -11.9. The van der Waals surface area contributed by atoms with E-state index in [1.165, 1.54) is 32.4 Å². The van der Waals surface area contributed by atoms with E-state index >= 15 is 0 Å². The van der Waals surface area contributed by atoms with Gasteiger partial charge in [0.05, 0.1) is 19.1 Å². The SMILES string of the molecule is COc1cc(-c2ccc(N=Nc3c(O)c(S(=O)(=O)O)cc4cc(S(=O)(=O)O)ccc34)c(OC)c2)ccc1N=Nc1c(S(=O)(=O)O)cc2ccc(Nc3ccccc3)cc2c1O.[Na].[Na].[Na]. The van der Waals surface area contributed by atoms with Crippen molar-refractivity contribution in [2.45, 2.75) is 14.7 Å². The molecule has 0 amide bonds. The molecule has 7 aromatic rings. The largest absolute Gasteiger partial charge is 0.505 e. The number of anilines is 2. The quantitative estimate of drug-likeness (QED) is 0.0382. The number of para-hydroxylation sites is 1. The second-order valence-corrected chi connectivity index (χ2v) is 17.3. The van der Waals surface area contributed by atoms with Crippen molar-refractivity contribution in [1.29, 1.82) is 0 Å². The minimum Gasteiger partial charge on any atom is -0.505 e. The molecule has 18 nitrogen and oxygen atoms in total. The van der Waals surface area contributed by atoms with Crippen LogP contribution in [0.3, 0.4) is 0 Å². The number of phenols is 2. The normalized spacial score (nSPS) is 11.8. The van der Waals surface area contributed by atoms with Crippen LogP contribution in [-0.4, -0.2) is 152 Å². The molecule has 0 spiro atoms. The fourth-order valence-electron chi connectivity index (χ4n) is 6.28. The molecular weight excluding hydrogens is 924 g/mol. The first-order valence-corrected chi connectivity index (χ1v) is 21.7. The Morgan fingerprint density at radius 1 is 0.484 bits per heavy atom. The van der Waals surface area contributed by atoms with Gasteiger partial charge in [-0.3, -0.25) is 13.7 Å². The molecule has 0 aliphatic carbocycles. The van der Waals surface area contributed by atoms with Gasteiger partial charge in [-0.05, 0) is 94.7 Å². The van der Waals surface area contributed by atoms with Crippen molar-refractivity contribution in [1.82, 2.24) is 0 Å². The number of ether oxygens (including phenoxy) is 2. The zero-order chi connectivity index (χ0) is 43.9. The molecule has 3 radical (unpaired) electrons. The monoisotopic (exact) mass is 954 g/mol.